The van der Waals surface area contributed by atoms with Crippen molar-refractivity contribution >= 4 is 27.3 Å². The number of thiophene rings is 1. The lowest BCUT2D eigenvalue weighted by Gasteiger charge is -2.07. The molecule has 0 aliphatic heterocycles. The zero-order valence-electron chi connectivity index (χ0n) is 10.3. The quantitative estimate of drug-likeness (QED) is 0.755. The van der Waals surface area contributed by atoms with Gasteiger partial charge in [-0.25, -0.2) is 0 Å². The number of hydrogen-bond donors (Lipinski definition) is 2. The van der Waals surface area contributed by atoms with Gasteiger partial charge in [-0.15, -0.1) is 11.3 Å². The van der Waals surface area contributed by atoms with Gasteiger partial charge in [-0.1, -0.05) is 13.8 Å². The van der Waals surface area contributed by atoms with Crippen LogP contribution in [0.25, 0.3) is 0 Å². The van der Waals surface area contributed by atoms with Crippen LogP contribution in [0.2, 0.25) is 0 Å². The average molecular weight is 305 g/mol. The third kappa shape index (κ3) is 5.43. The van der Waals surface area contributed by atoms with Crippen LogP contribution in [0.4, 0.5) is 0 Å². The van der Waals surface area contributed by atoms with Crippen LogP contribution in [0.15, 0.2) is 9.85 Å². The SMILES string of the molecule is Cc1cc(CNCCCNC(C)C)sc1Br. The summed E-state index contributed by atoms with van der Waals surface area (Å²) in [5.74, 6) is 0. The van der Waals surface area contributed by atoms with Crippen molar-refractivity contribution in [3.8, 4) is 0 Å². The van der Waals surface area contributed by atoms with E-state index in [1.807, 2.05) is 11.3 Å². The number of aryl methyl sites for hydroxylation is 1. The second-order valence-corrected chi connectivity index (χ2v) is 6.76. The molecule has 1 rings (SSSR count). The zero-order chi connectivity index (χ0) is 12.0. The number of halogens is 1. The Hall–Kier alpha value is 0.100. The van der Waals surface area contributed by atoms with Gasteiger partial charge in [0.25, 0.3) is 0 Å². The van der Waals surface area contributed by atoms with E-state index >= 15 is 0 Å². The highest BCUT2D eigenvalue weighted by Gasteiger charge is 2.01. The van der Waals surface area contributed by atoms with Crippen LogP contribution >= 0.6 is 27.3 Å². The molecule has 1 aromatic heterocycles. The molecule has 92 valence electrons. The lowest BCUT2D eigenvalue weighted by Crippen LogP contribution is -2.26. The molecule has 0 unspecified atom stereocenters. The van der Waals surface area contributed by atoms with Crippen LogP contribution in [0.3, 0.4) is 0 Å². The number of nitrogens with one attached hydrogen (secondary N) is 2. The summed E-state index contributed by atoms with van der Waals surface area (Å²) >= 11 is 5.37. The van der Waals surface area contributed by atoms with Crippen molar-refractivity contribution in [3.05, 3.63) is 20.3 Å². The van der Waals surface area contributed by atoms with Crippen molar-refractivity contribution in [1.29, 1.82) is 0 Å². The molecule has 2 nitrogen and oxygen atoms in total. The van der Waals surface area contributed by atoms with Gasteiger partial charge in [0.1, 0.15) is 0 Å². The summed E-state index contributed by atoms with van der Waals surface area (Å²) in [5.41, 5.74) is 1.34. The fraction of sp³-hybridized carbons (Fsp3) is 0.667. The Kier molecular flexibility index (Phi) is 6.58. The largest absolute Gasteiger partial charge is 0.314 e. The van der Waals surface area contributed by atoms with Gasteiger partial charge >= 0.3 is 0 Å². The molecular formula is C12H21BrN2S. The smallest absolute Gasteiger partial charge is 0.0730 e. The minimum atomic E-state index is 0.593. The van der Waals surface area contributed by atoms with Gasteiger partial charge in [0.15, 0.2) is 0 Å². The van der Waals surface area contributed by atoms with Crippen LogP contribution in [-0.4, -0.2) is 19.1 Å². The van der Waals surface area contributed by atoms with Crippen LogP contribution in [0.1, 0.15) is 30.7 Å². The maximum atomic E-state index is 3.55. The predicted molar refractivity (Wildman–Crippen MR) is 76.2 cm³/mol. The van der Waals surface area contributed by atoms with Crippen LogP contribution in [0, 0.1) is 6.92 Å². The summed E-state index contributed by atoms with van der Waals surface area (Å²) in [6.07, 6.45) is 1.18. The van der Waals surface area contributed by atoms with Gasteiger partial charge in [0.2, 0.25) is 0 Å². The third-order valence-electron chi connectivity index (χ3n) is 2.29. The zero-order valence-corrected chi connectivity index (χ0v) is 12.7. The Labute approximate surface area is 111 Å². The fourth-order valence-electron chi connectivity index (χ4n) is 1.43. The first-order valence-electron chi connectivity index (χ1n) is 5.78. The van der Waals surface area contributed by atoms with E-state index in [0.717, 1.165) is 19.6 Å². The first-order chi connectivity index (χ1) is 7.59. The molecule has 2 N–H and O–H groups in total. The number of hydrogen-bond acceptors (Lipinski definition) is 3. The van der Waals surface area contributed by atoms with E-state index in [0.29, 0.717) is 6.04 Å². The summed E-state index contributed by atoms with van der Waals surface area (Å²) in [6, 6.07) is 2.84. The van der Waals surface area contributed by atoms with E-state index in [9.17, 15) is 0 Å². The molecule has 1 heterocycles. The monoisotopic (exact) mass is 304 g/mol. The summed E-state index contributed by atoms with van der Waals surface area (Å²) in [4.78, 5) is 1.40. The van der Waals surface area contributed by atoms with Crippen molar-refractivity contribution < 1.29 is 0 Å². The van der Waals surface area contributed by atoms with Gasteiger partial charge < -0.3 is 10.6 Å². The molecule has 0 saturated carbocycles. The van der Waals surface area contributed by atoms with Gasteiger partial charge in [0, 0.05) is 17.5 Å². The maximum absolute atomic E-state index is 3.55. The van der Waals surface area contributed by atoms with Crippen molar-refractivity contribution in [1.82, 2.24) is 10.6 Å². The van der Waals surface area contributed by atoms with E-state index in [1.54, 1.807) is 0 Å². The molecule has 0 fully saturated rings. The molecule has 1 aromatic rings. The topological polar surface area (TPSA) is 24.1 Å². The van der Waals surface area contributed by atoms with Gasteiger partial charge in [-0.2, -0.15) is 0 Å². The minimum absolute atomic E-state index is 0.593. The summed E-state index contributed by atoms with van der Waals surface area (Å²) in [7, 11) is 0. The second kappa shape index (κ2) is 7.43. The molecule has 0 aliphatic rings. The van der Waals surface area contributed by atoms with E-state index in [-0.39, 0.29) is 0 Å². The predicted octanol–water partition coefficient (Wildman–Crippen LogP) is 3.30. The van der Waals surface area contributed by atoms with Crippen LogP contribution in [0.5, 0.6) is 0 Å². The molecule has 16 heavy (non-hydrogen) atoms. The van der Waals surface area contributed by atoms with Crippen molar-refractivity contribution in [2.45, 2.75) is 39.8 Å². The second-order valence-electron chi connectivity index (χ2n) is 4.31. The molecule has 0 radical (unpaired) electrons. The fourth-order valence-corrected chi connectivity index (χ4v) is 3.02. The molecule has 4 heteroatoms. The standard InChI is InChI=1S/C12H21BrN2S/c1-9(2)15-6-4-5-14-8-11-7-10(3)12(13)16-11/h7,9,14-15H,4-6,8H2,1-3H3. The van der Waals surface area contributed by atoms with Crippen LogP contribution in [-0.2, 0) is 6.54 Å². The third-order valence-corrected chi connectivity index (χ3v) is 4.43. The molecule has 0 aromatic carbocycles. The maximum Gasteiger partial charge on any atom is 0.0730 e. The van der Waals surface area contributed by atoms with E-state index < -0.39 is 0 Å². The van der Waals surface area contributed by atoms with E-state index in [2.05, 4.69) is 53.4 Å². The van der Waals surface area contributed by atoms with Gasteiger partial charge in [-0.3, -0.25) is 0 Å². The van der Waals surface area contributed by atoms with Crippen molar-refractivity contribution in [3.63, 3.8) is 0 Å². The van der Waals surface area contributed by atoms with E-state index in [4.69, 9.17) is 0 Å². The van der Waals surface area contributed by atoms with Crippen molar-refractivity contribution in [2.75, 3.05) is 13.1 Å². The summed E-state index contributed by atoms with van der Waals surface area (Å²) in [5, 5.41) is 6.88. The summed E-state index contributed by atoms with van der Waals surface area (Å²) in [6.45, 7) is 9.65. The highest BCUT2D eigenvalue weighted by atomic mass is 79.9. The lowest BCUT2D eigenvalue weighted by molar-refractivity contribution is 0.548. The molecule has 0 aliphatic carbocycles. The molecule has 0 atom stereocenters. The molecule has 0 amide bonds. The highest BCUT2D eigenvalue weighted by Crippen LogP contribution is 2.26. The molecular weight excluding hydrogens is 284 g/mol. The Morgan fingerprint density at radius 3 is 2.69 bits per heavy atom. The first kappa shape index (κ1) is 14.2. The van der Waals surface area contributed by atoms with Crippen LogP contribution < -0.4 is 10.6 Å². The number of rotatable bonds is 7. The Morgan fingerprint density at radius 2 is 2.12 bits per heavy atom. The minimum Gasteiger partial charge on any atom is -0.314 e. The Morgan fingerprint density at radius 1 is 1.38 bits per heavy atom. The molecule has 0 bridgehead atoms. The molecule has 0 spiro atoms. The normalized spacial score (nSPS) is 11.3. The Bertz CT molecular complexity index is 290. The van der Waals surface area contributed by atoms with E-state index in [1.165, 1.54) is 20.6 Å². The Balaban J connectivity index is 2.07. The summed E-state index contributed by atoms with van der Waals surface area (Å²) < 4.78 is 1.26. The molecule has 0 saturated heterocycles. The average Bonchev–Trinajstić information content (AvgIpc) is 2.52. The van der Waals surface area contributed by atoms with Gasteiger partial charge in [0.05, 0.1) is 3.79 Å². The lowest BCUT2D eigenvalue weighted by atomic mass is 10.3. The van der Waals surface area contributed by atoms with Crippen molar-refractivity contribution in [2.24, 2.45) is 0 Å². The van der Waals surface area contributed by atoms with Gasteiger partial charge in [-0.05, 0) is 54.0 Å². The highest BCUT2D eigenvalue weighted by molar-refractivity contribution is 9.11. The first-order valence-corrected chi connectivity index (χ1v) is 7.39.